The molecule has 0 saturated heterocycles. The molecule has 0 heterocycles. The first-order valence-electron chi connectivity index (χ1n) is 4.93. The van der Waals surface area contributed by atoms with Gasteiger partial charge in [0.15, 0.2) is 0 Å². The van der Waals surface area contributed by atoms with Crippen LogP contribution in [0.4, 0.5) is 0 Å². The molecular formula is C11H16ClNOS. The van der Waals surface area contributed by atoms with Crippen molar-refractivity contribution in [2.24, 2.45) is 0 Å². The van der Waals surface area contributed by atoms with E-state index in [0.717, 1.165) is 30.3 Å². The van der Waals surface area contributed by atoms with Gasteiger partial charge in [0.1, 0.15) is 0 Å². The molecule has 1 aromatic carbocycles. The lowest BCUT2D eigenvalue weighted by Crippen LogP contribution is -2.16. The Hall–Kier alpha value is -0.380. The second-order valence-corrected chi connectivity index (χ2v) is 5.43. The Kier molecular flexibility index (Phi) is 5.91. The number of nitrogens with one attached hydrogen (secondary N) is 1. The SMILES string of the molecule is CS(=O)CCCNCc1cccc(Cl)c1. The summed E-state index contributed by atoms with van der Waals surface area (Å²) >= 11 is 5.86. The lowest BCUT2D eigenvalue weighted by atomic mass is 10.2. The predicted octanol–water partition coefficient (Wildman–Crippen LogP) is 2.20. The van der Waals surface area contributed by atoms with Crippen LogP contribution in [0.1, 0.15) is 12.0 Å². The molecule has 0 aromatic heterocycles. The van der Waals surface area contributed by atoms with E-state index in [2.05, 4.69) is 5.32 Å². The molecule has 84 valence electrons. The van der Waals surface area contributed by atoms with Crippen molar-refractivity contribution in [1.29, 1.82) is 0 Å². The summed E-state index contributed by atoms with van der Waals surface area (Å²) in [7, 11) is -0.678. The molecule has 0 spiro atoms. The molecule has 0 radical (unpaired) electrons. The zero-order valence-corrected chi connectivity index (χ0v) is 10.4. The van der Waals surface area contributed by atoms with Crippen molar-refractivity contribution in [3.8, 4) is 0 Å². The maximum absolute atomic E-state index is 10.8. The summed E-state index contributed by atoms with van der Waals surface area (Å²) in [5.41, 5.74) is 1.18. The van der Waals surface area contributed by atoms with Gasteiger partial charge in [-0.1, -0.05) is 23.7 Å². The average molecular weight is 246 g/mol. The Morgan fingerprint density at radius 1 is 1.47 bits per heavy atom. The van der Waals surface area contributed by atoms with Gasteiger partial charge < -0.3 is 5.32 Å². The van der Waals surface area contributed by atoms with E-state index in [4.69, 9.17) is 11.6 Å². The van der Waals surface area contributed by atoms with Gasteiger partial charge in [-0.15, -0.1) is 0 Å². The van der Waals surface area contributed by atoms with Crippen molar-refractivity contribution in [1.82, 2.24) is 5.32 Å². The summed E-state index contributed by atoms with van der Waals surface area (Å²) in [4.78, 5) is 0. The fraction of sp³-hybridized carbons (Fsp3) is 0.455. The molecule has 0 aliphatic rings. The van der Waals surface area contributed by atoms with Gasteiger partial charge in [-0.2, -0.15) is 0 Å². The molecule has 0 aliphatic carbocycles. The van der Waals surface area contributed by atoms with Crippen molar-refractivity contribution in [2.45, 2.75) is 13.0 Å². The van der Waals surface area contributed by atoms with Crippen LogP contribution in [0.3, 0.4) is 0 Å². The fourth-order valence-electron chi connectivity index (χ4n) is 1.28. The highest BCUT2D eigenvalue weighted by molar-refractivity contribution is 7.84. The van der Waals surface area contributed by atoms with Crippen LogP contribution in [-0.4, -0.2) is 22.8 Å². The molecule has 0 fully saturated rings. The van der Waals surface area contributed by atoms with E-state index in [1.54, 1.807) is 6.26 Å². The van der Waals surface area contributed by atoms with Crippen LogP contribution >= 0.6 is 11.6 Å². The third-order valence-electron chi connectivity index (χ3n) is 2.00. The summed E-state index contributed by atoms with van der Waals surface area (Å²) in [6.45, 7) is 1.71. The quantitative estimate of drug-likeness (QED) is 0.779. The minimum atomic E-state index is -0.678. The number of halogens is 1. The van der Waals surface area contributed by atoms with Crippen molar-refractivity contribution in [2.75, 3.05) is 18.6 Å². The zero-order chi connectivity index (χ0) is 11.1. The molecule has 0 saturated carbocycles. The molecule has 4 heteroatoms. The third-order valence-corrected chi connectivity index (χ3v) is 3.10. The van der Waals surface area contributed by atoms with Crippen molar-refractivity contribution >= 4 is 22.4 Å². The van der Waals surface area contributed by atoms with Gasteiger partial charge in [0.2, 0.25) is 0 Å². The molecule has 1 rings (SSSR count). The summed E-state index contributed by atoms with van der Waals surface area (Å²) in [6, 6.07) is 7.80. The normalized spacial score (nSPS) is 12.7. The molecule has 15 heavy (non-hydrogen) atoms. The predicted molar refractivity (Wildman–Crippen MR) is 66.7 cm³/mol. The highest BCUT2D eigenvalue weighted by atomic mass is 35.5. The topological polar surface area (TPSA) is 29.1 Å². The van der Waals surface area contributed by atoms with Gasteiger partial charge >= 0.3 is 0 Å². The Morgan fingerprint density at radius 3 is 2.93 bits per heavy atom. The van der Waals surface area contributed by atoms with Crippen LogP contribution in [-0.2, 0) is 17.3 Å². The van der Waals surface area contributed by atoms with Crippen LogP contribution in [0.15, 0.2) is 24.3 Å². The lowest BCUT2D eigenvalue weighted by Gasteiger charge is -2.04. The van der Waals surface area contributed by atoms with E-state index >= 15 is 0 Å². The first kappa shape index (κ1) is 12.7. The minimum Gasteiger partial charge on any atom is -0.313 e. The summed E-state index contributed by atoms with van der Waals surface area (Å²) < 4.78 is 10.8. The van der Waals surface area contributed by atoms with Crippen LogP contribution in [0.25, 0.3) is 0 Å². The van der Waals surface area contributed by atoms with Crippen molar-refractivity contribution in [3.05, 3.63) is 34.9 Å². The maximum Gasteiger partial charge on any atom is 0.0409 e. The summed E-state index contributed by atoms with van der Waals surface area (Å²) in [5.74, 6) is 0.766. The lowest BCUT2D eigenvalue weighted by molar-refractivity contribution is 0.662. The third kappa shape index (κ3) is 5.92. The number of hydrogen-bond acceptors (Lipinski definition) is 2. The smallest absolute Gasteiger partial charge is 0.0409 e. The van der Waals surface area contributed by atoms with Gasteiger partial charge in [-0.25, -0.2) is 0 Å². The molecule has 1 unspecified atom stereocenters. The molecule has 2 nitrogen and oxygen atoms in total. The first-order valence-corrected chi connectivity index (χ1v) is 7.04. The van der Waals surface area contributed by atoms with Gasteiger partial charge in [0, 0.05) is 34.4 Å². The average Bonchev–Trinajstić information content (AvgIpc) is 2.17. The number of hydrogen-bond donors (Lipinski definition) is 1. The Balaban J connectivity index is 2.17. The van der Waals surface area contributed by atoms with E-state index in [1.165, 1.54) is 5.56 Å². The number of benzene rings is 1. The molecule has 0 bridgehead atoms. The van der Waals surface area contributed by atoms with Gasteiger partial charge in [0.05, 0.1) is 0 Å². The number of rotatable bonds is 6. The maximum atomic E-state index is 10.8. The van der Waals surface area contributed by atoms with Gasteiger partial charge in [0.25, 0.3) is 0 Å². The van der Waals surface area contributed by atoms with E-state index < -0.39 is 10.8 Å². The van der Waals surface area contributed by atoms with Crippen LogP contribution < -0.4 is 5.32 Å². The zero-order valence-electron chi connectivity index (χ0n) is 8.83. The highest BCUT2D eigenvalue weighted by Crippen LogP contribution is 2.09. The van der Waals surface area contributed by atoms with E-state index in [9.17, 15) is 4.21 Å². The Labute approximate surface area is 98.5 Å². The van der Waals surface area contributed by atoms with Crippen molar-refractivity contribution in [3.63, 3.8) is 0 Å². The molecule has 1 aromatic rings. The van der Waals surface area contributed by atoms with Crippen LogP contribution in [0.2, 0.25) is 5.02 Å². The second-order valence-electron chi connectivity index (χ2n) is 3.44. The molecule has 0 amide bonds. The summed E-state index contributed by atoms with van der Waals surface area (Å²) in [6.07, 6.45) is 2.68. The van der Waals surface area contributed by atoms with E-state index in [1.807, 2.05) is 24.3 Å². The molecule has 1 atom stereocenters. The van der Waals surface area contributed by atoms with Gasteiger partial charge in [-0.3, -0.25) is 4.21 Å². The van der Waals surface area contributed by atoms with Crippen LogP contribution in [0.5, 0.6) is 0 Å². The van der Waals surface area contributed by atoms with Gasteiger partial charge in [-0.05, 0) is 30.7 Å². The fourth-order valence-corrected chi connectivity index (χ4v) is 2.04. The standard InChI is InChI=1S/C11H16ClNOS/c1-15(14)7-3-6-13-9-10-4-2-5-11(12)8-10/h2,4-5,8,13H,3,6-7,9H2,1H3. The van der Waals surface area contributed by atoms with Crippen molar-refractivity contribution < 1.29 is 4.21 Å². The monoisotopic (exact) mass is 245 g/mol. The Morgan fingerprint density at radius 2 is 2.27 bits per heavy atom. The highest BCUT2D eigenvalue weighted by Gasteiger charge is 1.94. The van der Waals surface area contributed by atoms with Crippen LogP contribution in [0, 0.1) is 0 Å². The second kappa shape index (κ2) is 6.99. The molecular weight excluding hydrogens is 230 g/mol. The largest absolute Gasteiger partial charge is 0.313 e. The first-order chi connectivity index (χ1) is 7.18. The molecule has 1 N–H and O–H groups in total. The molecule has 0 aliphatic heterocycles. The Bertz CT molecular complexity index is 330. The van der Waals surface area contributed by atoms with E-state index in [-0.39, 0.29) is 0 Å². The summed E-state index contributed by atoms with van der Waals surface area (Å²) in [5, 5.41) is 4.06. The minimum absolute atomic E-state index is 0.678. The van der Waals surface area contributed by atoms with E-state index in [0.29, 0.717) is 0 Å².